The van der Waals surface area contributed by atoms with Crippen LogP contribution in [0.5, 0.6) is 11.5 Å². The van der Waals surface area contributed by atoms with Crippen molar-refractivity contribution in [1.29, 1.82) is 0 Å². The first-order chi connectivity index (χ1) is 15.3. The molecule has 2 saturated carbocycles. The number of aromatic nitrogens is 1. The number of H-pyrrole nitrogens is 1. The highest BCUT2D eigenvalue weighted by atomic mass is 127. The lowest BCUT2D eigenvalue weighted by atomic mass is 10.2. The molecular weight excluding hydrogens is 566 g/mol. The second-order valence-corrected chi connectivity index (χ2v) is 10.1. The zero-order chi connectivity index (χ0) is 22.8. The van der Waals surface area contributed by atoms with Crippen LogP contribution in [-0.4, -0.2) is 29.3 Å². The van der Waals surface area contributed by atoms with Gasteiger partial charge in [0.15, 0.2) is 0 Å². The second kappa shape index (κ2) is 9.97. The lowest BCUT2D eigenvalue weighted by molar-refractivity contribution is 0.0691. The normalized spacial score (nSPS) is 15.2. The van der Waals surface area contributed by atoms with E-state index in [0.29, 0.717) is 34.1 Å². The fourth-order valence-electron chi connectivity index (χ4n) is 3.00. The molecule has 4 N–H and O–H groups in total. The first-order valence-corrected chi connectivity index (χ1v) is 12.2. The first-order valence-electron chi connectivity index (χ1n) is 10.4. The molecule has 0 amide bonds. The van der Waals surface area contributed by atoms with E-state index in [1.165, 1.54) is 25.7 Å². The number of hydrogen-bond donors (Lipinski definition) is 3. The van der Waals surface area contributed by atoms with Gasteiger partial charge in [-0.2, -0.15) is 0 Å². The maximum atomic E-state index is 10.9. The number of rotatable bonds is 7. The Morgan fingerprint density at radius 1 is 1.00 bits per heavy atom. The summed E-state index contributed by atoms with van der Waals surface area (Å²) in [5.74, 6) is 1.70. The quantitative estimate of drug-likeness (QED) is 0.213. The molecule has 3 aromatic rings. The largest absolute Gasteiger partial charge is 0.492 e. The van der Waals surface area contributed by atoms with Crippen LogP contribution >= 0.6 is 45.8 Å². The number of halogens is 3. The third-order valence-electron chi connectivity index (χ3n) is 5.30. The molecule has 170 valence electrons. The molecule has 6 nitrogen and oxygen atoms in total. The molecule has 0 bridgehead atoms. The van der Waals surface area contributed by atoms with E-state index < -0.39 is 5.97 Å². The van der Waals surface area contributed by atoms with Crippen LogP contribution in [0.15, 0.2) is 30.3 Å². The van der Waals surface area contributed by atoms with E-state index in [4.69, 9.17) is 43.5 Å². The van der Waals surface area contributed by atoms with Crippen molar-refractivity contribution in [3.63, 3.8) is 0 Å². The average Bonchev–Trinajstić information content (AvgIpc) is 3.67. The Labute approximate surface area is 209 Å². The summed E-state index contributed by atoms with van der Waals surface area (Å²) in [4.78, 5) is 13.7. The van der Waals surface area contributed by atoms with Gasteiger partial charge in [0.2, 0.25) is 0 Å². The van der Waals surface area contributed by atoms with Gasteiger partial charge >= 0.3 is 5.97 Å². The topological polar surface area (TPSA) is 97.6 Å². The van der Waals surface area contributed by atoms with Crippen molar-refractivity contribution in [2.75, 3.05) is 18.9 Å². The van der Waals surface area contributed by atoms with E-state index in [-0.39, 0.29) is 5.69 Å². The predicted octanol–water partition coefficient (Wildman–Crippen LogP) is 6.62. The molecule has 0 atom stereocenters. The fraction of sp³-hybridized carbons (Fsp3) is 0.348. The van der Waals surface area contributed by atoms with E-state index in [1.54, 1.807) is 24.3 Å². The van der Waals surface area contributed by atoms with Gasteiger partial charge in [0.1, 0.15) is 17.2 Å². The Morgan fingerprint density at radius 3 is 2.12 bits per heavy atom. The number of ether oxygens (including phenoxy) is 2. The maximum absolute atomic E-state index is 10.9. The molecule has 0 spiro atoms. The number of hydrogen-bond acceptors (Lipinski definition) is 4. The summed E-state index contributed by atoms with van der Waals surface area (Å²) >= 11 is 14.3. The van der Waals surface area contributed by atoms with Crippen LogP contribution in [0.3, 0.4) is 0 Å². The average molecular weight is 589 g/mol. The Morgan fingerprint density at radius 2 is 1.56 bits per heavy atom. The van der Waals surface area contributed by atoms with Crippen LogP contribution in [-0.2, 0) is 0 Å². The molecule has 0 unspecified atom stereocenters. The number of nitrogen functional groups attached to an aromatic ring is 1. The molecule has 1 aromatic heterocycles. The smallest absolute Gasteiger partial charge is 0.352 e. The SMILES string of the molecule is Nc1cc(OCC2CC2)c(Cl)cc1I.O=C(O)c1cc2cc(Cl)c(OCC3CC3)cc2[nH]1. The van der Waals surface area contributed by atoms with Gasteiger partial charge in [0.25, 0.3) is 0 Å². The van der Waals surface area contributed by atoms with E-state index in [2.05, 4.69) is 27.6 Å². The van der Waals surface area contributed by atoms with Gasteiger partial charge in [-0.05, 0) is 78.3 Å². The van der Waals surface area contributed by atoms with Crippen LogP contribution < -0.4 is 15.2 Å². The molecule has 32 heavy (non-hydrogen) atoms. The Balaban J connectivity index is 0.000000158. The molecule has 0 aliphatic heterocycles. The lowest BCUT2D eigenvalue weighted by Gasteiger charge is -2.09. The van der Waals surface area contributed by atoms with E-state index in [9.17, 15) is 4.79 Å². The molecular formula is C23H23Cl2IN2O4. The molecule has 0 saturated heterocycles. The van der Waals surface area contributed by atoms with Crippen LogP contribution in [0.25, 0.3) is 10.9 Å². The molecule has 0 radical (unpaired) electrons. The Bertz CT molecular complexity index is 1140. The number of benzene rings is 2. The minimum Gasteiger partial charge on any atom is -0.492 e. The van der Waals surface area contributed by atoms with Crippen molar-refractivity contribution in [1.82, 2.24) is 4.98 Å². The van der Waals surface area contributed by atoms with Gasteiger partial charge in [-0.15, -0.1) is 0 Å². The molecule has 5 rings (SSSR count). The zero-order valence-corrected chi connectivity index (χ0v) is 20.8. The molecule has 9 heteroatoms. The summed E-state index contributed by atoms with van der Waals surface area (Å²) in [5, 5.41) is 10.8. The number of aromatic amines is 1. The number of carbonyl (C=O) groups is 1. The van der Waals surface area contributed by atoms with Crippen molar-refractivity contribution >= 4 is 68.4 Å². The predicted molar refractivity (Wildman–Crippen MR) is 135 cm³/mol. The number of anilines is 1. The summed E-state index contributed by atoms with van der Waals surface area (Å²) in [7, 11) is 0. The van der Waals surface area contributed by atoms with Gasteiger partial charge in [-0.25, -0.2) is 4.79 Å². The summed E-state index contributed by atoms with van der Waals surface area (Å²) in [5.41, 5.74) is 7.37. The fourth-order valence-corrected chi connectivity index (χ4v) is 4.09. The van der Waals surface area contributed by atoms with Crippen molar-refractivity contribution < 1.29 is 19.4 Å². The number of carboxylic acid groups (broad SMARTS) is 1. The number of fused-ring (bicyclic) bond motifs is 1. The van der Waals surface area contributed by atoms with Gasteiger partial charge in [0, 0.05) is 32.3 Å². The summed E-state index contributed by atoms with van der Waals surface area (Å²) in [6.45, 7) is 1.44. The van der Waals surface area contributed by atoms with Crippen LogP contribution in [0, 0.1) is 15.4 Å². The second-order valence-electron chi connectivity index (χ2n) is 8.17. The van der Waals surface area contributed by atoms with Gasteiger partial charge in [0.05, 0.1) is 23.3 Å². The van der Waals surface area contributed by atoms with Crippen LogP contribution in [0.4, 0.5) is 5.69 Å². The Kier molecular flexibility index (Phi) is 7.27. The van der Waals surface area contributed by atoms with Crippen molar-refractivity contribution in [2.45, 2.75) is 25.7 Å². The summed E-state index contributed by atoms with van der Waals surface area (Å²) in [6.07, 6.45) is 4.98. The highest BCUT2D eigenvalue weighted by Crippen LogP contribution is 2.35. The number of nitrogens with one attached hydrogen (secondary N) is 1. The zero-order valence-electron chi connectivity index (χ0n) is 17.2. The third kappa shape index (κ3) is 6.14. The molecule has 2 aromatic carbocycles. The summed E-state index contributed by atoms with van der Waals surface area (Å²) < 4.78 is 12.2. The molecule has 2 aliphatic rings. The maximum Gasteiger partial charge on any atom is 0.352 e. The van der Waals surface area contributed by atoms with Crippen molar-refractivity contribution in [3.8, 4) is 11.5 Å². The minimum absolute atomic E-state index is 0.153. The van der Waals surface area contributed by atoms with Gasteiger partial charge in [-0.3, -0.25) is 0 Å². The minimum atomic E-state index is -0.984. The highest BCUT2D eigenvalue weighted by Gasteiger charge is 2.23. The van der Waals surface area contributed by atoms with Crippen LogP contribution in [0.1, 0.15) is 36.2 Å². The molecule has 1 heterocycles. The van der Waals surface area contributed by atoms with Crippen LogP contribution in [0.2, 0.25) is 10.0 Å². The number of carboxylic acids is 1. The van der Waals surface area contributed by atoms with Gasteiger partial charge < -0.3 is 25.3 Å². The Hall–Kier alpha value is -1.84. The van der Waals surface area contributed by atoms with E-state index in [0.717, 1.165) is 32.7 Å². The first kappa shape index (κ1) is 23.3. The monoisotopic (exact) mass is 588 g/mol. The van der Waals surface area contributed by atoms with E-state index in [1.807, 2.05) is 6.07 Å². The molecule has 2 aliphatic carbocycles. The molecule has 2 fully saturated rings. The third-order valence-corrected chi connectivity index (χ3v) is 6.82. The van der Waals surface area contributed by atoms with Gasteiger partial charge in [-0.1, -0.05) is 23.2 Å². The summed E-state index contributed by atoms with van der Waals surface area (Å²) in [6, 6.07) is 8.68. The number of nitrogens with two attached hydrogens (primary N) is 1. The highest BCUT2D eigenvalue weighted by molar-refractivity contribution is 14.1. The van der Waals surface area contributed by atoms with Crippen molar-refractivity contribution in [3.05, 3.63) is 49.6 Å². The van der Waals surface area contributed by atoms with E-state index >= 15 is 0 Å². The van der Waals surface area contributed by atoms with Crippen molar-refractivity contribution in [2.24, 2.45) is 11.8 Å². The standard InChI is InChI=1S/C13H12ClNO3.C10H11ClINO/c14-9-3-8-4-11(13(16)17)15-10(8)5-12(9)18-6-7-1-2-7;11-7-3-8(12)9(13)4-10(7)14-5-6-1-2-6/h3-5,7,15H,1-2,6H2,(H,16,17);3-4,6H,1-2,5,13H2. The lowest BCUT2D eigenvalue weighted by Crippen LogP contribution is -2.00. The number of aromatic carboxylic acids is 1.